The predicted molar refractivity (Wildman–Crippen MR) is 116 cm³/mol. The van der Waals surface area contributed by atoms with Gasteiger partial charge in [0.25, 0.3) is 5.56 Å². The van der Waals surface area contributed by atoms with Gasteiger partial charge in [-0.3, -0.25) is 14.0 Å². The minimum Gasteiger partial charge on any atom is -0.356 e. The van der Waals surface area contributed by atoms with E-state index in [0.717, 1.165) is 37.7 Å². The lowest BCUT2D eigenvalue weighted by atomic mass is 9.92. The summed E-state index contributed by atoms with van der Waals surface area (Å²) >= 11 is 0. The van der Waals surface area contributed by atoms with Gasteiger partial charge in [0.15, 0.2) is 5.65 Å². The van der Waals surface area contributed by atoms with Gasteiger partial charge in [0.05, 0.1) is 5.69 Å². The zero-order valence-electron chi connectivity index (χ0n) is 18.2. The predicted octanol–water partition coefficient (Wildman–Crippen LogP) is 1.33. The summed E-state index contributed by atoms with van der Waals surface area (Å²) in [5, 5.41) is 4.90. The number of fused-ring (bicyclic) bond motifs is 2. The van der Waals surface area contributed by atoms with Crippen LogP contribution >= 0.6 is 0 Å². The van der Waals surface area contributed by atoms with Crippen LogP contribution in [0.1, 0.15) is 26.5 Å². The first kappa shape index (κ1) is 19.0. The lowest BCUT2D eigenvalue weighted by molar-refractivity contribution is 0.533. The van der Waals surface area contributed by atoms with E-state index in [2.05, 4.69) is 51.7 Å². The Kier molecular flexibility index (Phi) is 4.13. The number of anilines is 2. The van der Waals surface area contributed by atoms with Gasteiger partial charge in [0.2, 0.25) is 5.95 Å². The third kappa shape index (κ3) is 3.03. The number of aryl methyl sites for hydroxylation is 1. The highest BCUT2D eigenvalue weighted by molar-refractivity contribution is 5.74. The molecule has 0 spiro atoms. The minimum atomic E-state index is -0.0440. The second-order valence-corrected chi connectivity index (χ2v) is 9.66. The number of aromatic nitrogens is 6. The van der Waals surface area contributed by atoms with Gasteiger partial charge in [-0.25, -0.2) is 9.97 Å². The van der Waals surface area contributed by atoms with E-state index < -0.39 is 0 Å². The summed E-state index contributed by atoms with van der Waals surface area (Å²) in [6, 6.07) is 2.12. The third-order valence-electron chi connectivity index (χ3n) is 6.36. The summed E-state index contributed by atoms with van der Waals surface area (Å²) in [5.41, 5.74) is 1.54. The molecule has 3 aromatic heterocycles. The molecule has 2 aliphatic heterocycles. The molecule has 2 unspecified atom stereocenters. The van der Waals surface area contributed by atoms with Crippen molar-refractivity contribution in [1.29, 1.82) is 0 Å². The summed E-state index contributed by atoms with van der Waals surface area (Å²) in [4.78, 5) is 31.0. The fraction of sp³-hybridized carbons (Fsp3) is 0.571. The number of rotatable bonds is 2. The highest BCUT2D eigenvalue weighted by Crippen LogP contribution is 2.35. The Morgan fingerprint density at radius 3 is 2.33 bits per heavy atom. The Bertz CT molecular complexity index is 1160. The molecule has 0 N–H and O–H groups in total. The molecule has 9 heteroatoms. The quantitative estimate of drug-likeness (QED) is 0.632. The van der Waals surface area contributed by atoms with E-state index in [4.69, 9.17) is 4.98 Å². The molecule has 2 atom stereocenters. The van der Waals surface area contributed by atoms with Crippen LogP contribution in [-0.4, -0.2) is 55.5 Å². The van der Waals surface area contributed by atoms with Crippen molar-refractivity contribution in [2.75, 3.05) is 36.0 Å². The van der Waals surface area contributed by atoms with Crippen LogP contribution in [0.5, 0.6) is 0 Å². The molecule has 0 bridgehead atoms. The van der Waals surface area contributed by atoms with Crippen molar-refractivity contribution in [2.24, 2.45) is 25.9 Å². The summed E-state index contributed by atoms with van der Waals surface area (Å²) in [6.45, 7) is 10.2. The second-order valence-electron chi connectivity index (χ2n) is 9.66. The molecule has 0 radical (unpaired) electrons. The standard InChI is InChI=1S/C21H28N8O/c1-21(2,3)16-6-17(23-12-22-16)28-7-13-9-29(10-14(13)8-28)20-24-18-15(11-26(4)25-18)19(30)27(20)5/h6,11-14H,7-10H2,1-5H3. The Hall–Kier alpha value is -2.97. The fourth-order valence-corrected chi connectivity index (χ4v) is 4.71. The highest BCUT2D eigenvalue weighted by atomic mass is 16.1. The van der Waals surface area contributed by atoms with E-state index in [1.807, 2.05) is 7.05 Å². The average molecular weight is 409 g/mol. The van der Waals surface area contributed by atoms with Crippen molar-refractivity contribution in [3.05, 3.63) is 34.6 Å². The van der Waals surface area contributed by atoms with Crippen molar-refractivity contribution in [3.8, 4) is 0 Å². The maximum atomic E-state index is 12.7. The van der Waals surface area contributed by atoms with Crippen LogP contribution < -0.4 is 15.4 Å². The maximum absolute atomic E-state index is 12.7. The number of nitrogens with zero attached hydrogens (tertiary/aromatic N) is 8. The molecule has 30 heavy (non-hydrogen) atoms. The van der Waals surface area contributed by atoms with Crippen LogP contribution in [0.2, 0.25) is 0 Å². The molecule has 2 saturated heterocycles. The van der Waals surface area contributed by atoms with Crippen LogP contribution in [-0.2, 0) is 19.5 Å². The van der Waals surface area contributed by atoms with Crippen LogP contribution in [0.15, 0.2) is 23.4 Å². The lowest BCUT2D eigenvalue weighted by Gasteiger charge is -2.25. The summed E-state index contributed by atoms with van der Waals surface area (Å²) in [6.07, 6.45) is 3.41. The van der Waals surface area contributed by atoms with Crippen LogP contribution in [0, 0.1) is 11.8 Å². The number of hydrogen-bond acceptors (Lipinski definition) is 7. The van der Waals surface area contributed by atoms with Crippen LogP contribution in [0.25, 0.3) is 11.0 Å². The Morgan fingerprint density at radius 2 is 1.67 bits per heavy atom. The molecule has 5 rings (SSSR count). The SMILES string of the molecule is Cn1cc2c(=O)n(C)c(N3CC4CN(c5cc(C(C)(C)C)ncn5)CC4C3)nc2n1. The molecular weight excluding hydrogens is 380 g/mol. The zero-order valence-corrected chi connectivity index (χ0v) is 18.2. The summed E-state index contributed by atoms with van der Waals surface area (Å²) in [7, 11) is 3.61. The Morgan fingerprint density at radius 1 is 1.00 bits per heavy atom. The first-order valence-electron chi connectivity index (χ1n) is 10.4. The molecule has 9 nitrogen and oxygen atoms in total. The minimum absolute atomic E-state index is 0.00462. The summed E-state index contributed by atoms with van der Waals surface area (Å²) in [5.74, 6) is 2.77. The highest BCUT2D eigenvalue weighted by Gasteiger charge is 2.41. The first-order valence-corrected chi connectivity index (χ1v) is 10.4. The largest absolute Gasteiger partial charge is 0.356 e. The smallest absolute Gasteiger partial charge is 0.265 e. The van der Waals surface area contributed by atoms with E-state index >= 15 is 0 Å². The van der Waals surface area contributed by atoms with Gasteiger partial charge in [-0.15, -0.1) is 0 Å². The van der Waals surface area contributed by atoms with Crippen molar-refractivity contribution in [2.45, 2.75) is 26.2 Å². The van der Waals surface area contributed by atoms with Gasteiger partial charge in [0, 0.05) is 69.8 Å². The molecule has 0 aromatic carbocycles. The molecule has 0 saturated carbocycles. The van der Waals surface area contributed by atoms with Crippen LogP contribution in [0.3, 0.4) is 0 Å². The monoisotopic (exact) mass is 408 g/mol. The van der Waals surface area contributed by atoms with Crippen molar-refractivity contribution >= 4 is 22.8 Å². The molecule has 5 heterocycles. The first-order chi connectivity index (χ1) is 14.2. The van der Waals surface area contributed by atoms with Crippen LogP contribution in [0.4, 0.5) is 11.8 Å². The topological polar surface area (TPSA) is 85.0 Å². The van der Waals surface area contributed by atoms with E-state index in [0.29, 0.717) is 28.8 Å². The molecular formula is C21H28N8O. The van der Waals surface area contributed by atoms with Gasteiger partial charge in [-0.1, -0.05) is 20.8 Å². The Labute approximate surface area is 175 Å². The van der Waals surface area contributed by atoms with E-state index in [9.17, 15) is 4.79 Å². The average Bonchev–Trinajstić information content (AvgIpc) is 3.36. The molecule has 2 aliphatic rings. The number of hydrogen-bond donors (Lipinski definition) is 0. The van der Waals surface area contributed by atoms with Gasteiger partial charge < -0.3 is 9.80 Å². The molecule has 0 aliphatic carbocycles. The fourth-order valence-electron chi connectivity index (χ4n) is 4.71. The third-order valence-corrected chi connectivity index (χ3v) is 6.36. The molecule has 158 valence electrons. The van der Waals surface area contributed by atoms with E-state index in [1.54, 1.807) is 28.8 Å². The maximum Gasteiger partial charge on any atom is 0.265 e. The lowest BCUT2D eigenvalue weighted by Crippen LogP contribution is -2.33. The van der Waals surface area contributed by atoms with E-state index in [-0.39, 0.29) is 11.0 Å². The van der Waals surface area contributed by atoms with Gasteiger partial charge >= 0.3 is 0 Å². The van der Waals surface area contributed by atoms with Crippen molar-refractivity contribution < 1.29 is 0 Å². The molecule has 3 aromatic rings. The van der Waals surface area contributed by atoms with Gasteiger partial charge in [0.1, 0.15) is 17.5 Å². The van der Waals surface area contributed by atoms with Gasteiger partial charge in [-0.2, -0.15) is 10.1 Å². The Balaban J connectivity index is 1.36. The summed E-state index contributed by atoms with van der Waals surface area (Å²) < 4.78 is 3.30. The zero-order chi connectivity index (χ0) is 21.2. The van der Waals surface area contributed by atoms with Crippen molar-refractivity contribution in [1.82, 2.24) is 29.3 Å². The van der Waals surface area contributed by atoms with E-state index in [1.165, 1.54) is 0 Å². The molecule has 0 amide bonds. The van der Waals surface area contributed by atoms with Crippen molar-refractivity contribution in [3.63, 3.8) is 0 Å². The normalized spacial score (nSPS) is 21.6. The van der Waals surface area contributed by atoms with Gasteiger partial charge in [-0.05, 0) is 0 Å². The second kappa shape index (κ2) is 6.52. The molecule has 2 fully saturated rings.